The minimum absolute atomic E-state index is 0.0536. The van der Waals surface area contributed by atoms with E-state index in [2.05, 4.69) is 10.2 Å². The first-order chi connectivity index (χ1) is 12.4. The maximum absolute atomic E-state index is 13.0. The molecule has 1 aromatic rings. The summed E-state index contributed by atoms with van der Waals surface area (Å²) in [5.74, 6) is -0.268. The fraction of sp³-hybridized carbons (Fsp3) is 0.611. The van der Waals surface area contributed by atoms with E-state index in [0.29, 0.717) is 43.9 Å². The highest BCUT2D eigenvalue weighted by molar-refractivity contribution is 7.89. The van der Waals surface area contributed by atoms with Crippen LogP contribution in [0.4, 0.5) is 0 Å². The molecule has 1 atom stereocenters. The maximum atomic E-state index is 13.0. The van der Waals surface area contributed by atoms with Crippen LogP contribution in [0.1, 0.15) is 28.8 Å². The van der Waals surface area contributed by atoms with Crippen molar-refractivity contribution < 1.29 is 17.9 Å². The van der Waals surface area contributed by atoms with E-state index in [1.165, 1.54) is 10.4 Å². The van der Waals surface area contributed by atoms with E-state index in [4.69, 9.17) is 4.74 Å². The molecule has 0 saturated carbocycles. The van der Waals surface area contributed by atoms with Crippen LogP contribution in [0.25, 0.3) is 0 Å². The molecule has 8 heteroatoms. The monoisotopic (exact) mass is 381 g/mol. The largest absolute Gasteiger partial charge is 0.376 e. The molecular weight excluding hydrogens is 354 g/mol. The first kappa shape index (κ1) is 19.3. The van der Waals surface area contributed by atoms with Gasteiger partial charge in [0.25, 0.3) is 5.91 Å². The number of nitrogens with one attached hydrogen (secondary N) is 1. The summed E-state index contributed by atoms with van der Waals surface area (Å²) in [6.07, 6.45) is 2.01. The second kappa shape index (κ2) is 8.04. The standard InChI is InChI=1S/C18H27N3O4S/c1-14-5-6-15(18(22)19-13-16-4-3-11-25-16)12-17(14)26(23,24)21-9-7-20(2)8-10-21/h5-6,12,16H,3-4,7-11,13H2,1-2H3,(H,19,22)/t16-/m0/s1. The van der Waals surface area contributed by atoms with Crippen LogP contribution in [-0.4, -0.2) is 76.0 Å². The summed E-state index contributed by atoms with van der Waals surface area (Å²) in [7, 11) is -1.62. The molecule has 0 bridgehead atoms. The lowest BCUT2D eigenvalue weighted by Crippen LogP contribution is -2.47. The molecule has 0 spiro atoms. The molecule has 0 aliphatic carbocycles. The van der Waals surface area contributed by atoms with Crippen molar-refractivity contribution in [3.63, 3.8) is 0 Å². The minimum Gasteiger partial charge on any atom is -0.376 e. The van der Waals surface area contributed by atoms with E-state index < -0.39 is 10.0 Å². The average Bonchev–Trinajstić information content (AvgIpc) is 3.14. The van der Waals surface area contributed by atoms with Crippen molar-refractivity contribution in [2.75, 3.05) is 46.4 Å². The average molecular weight is 381 g/mol. The highest BCUT2D eigenvalue weighted by atomic mass is 32.2. The third-order valence-electron chi connectivity index (χ3n) is 5.04. The third kappa shape index (κ3) is 4.25. The second-order valence-corrected chi connectivity index (χ2v) is 8.94. The zero-order valence-electron chi connectivity index (χ0n) is 15.4. The summed E-state index contributed by atoms with van der Waals surface area (Å²) < 4.78 is 33.0. The van der Waals surface area contributed by atoms with Crippen molar-refractivity contribution in [2.24, 2.45) is 0 Å². The van der Waals surface area contributed by atoms with Crippen molar-refractivity contribution in [2.45, 2.75) is 30.8 Å². The summed E-state index contributed by atoms with van der Waals surface area (Å²) in [6.45, 7) is 5.30. The Labute approximate surface area is 155 Å². The lowest BCUT2D eigenvalue weighted by molar-refractivity contribution is 0.0857. The molecule has 2 aliphatic heterocycles. The Morgan fingerprint density at radius 3 is 2.65 bits per heavy atom. The number of rotatable bonds is 5. The molecule has 2 heterocycles. The number of benzene rings is 1. The van der Waals surface area contributed by atoms with E-state index in [-0.39, 0.29) is 16.9 Å². The summed E-state index contributed by atoms with van der Waals surface area (Å²) in [5, 5.41) is 2.85. The van der Waals surface area contributed by atoms with Gasteiger partial charge in [-0.2, -0.15) is 4.31 Å². The predicted octanol–water partition coefficient (Wildman–Crippen LogP) is 0.840. The molecule has 0 radical (unpaired) electrons. The van der Waals surface area contributed by atoms with Gasteiger partial charge < -0.3 is 15.0 Å². The molecule has 1 amide bonds. The van der Waals surface area contributed by atoms with Crippen LogP contribution in [-0.2, 0) is 14.8 Å². The van der Waals surface area contributed by atoms with Gasteiger partial charge in [0, 0.05) is 44.9 Å². The lowest BCUT2D eigenvalue weighted by Gasteiger charge is -2.32. The Kier molecular flexibility index (Phi) is 5.96. The summed E-state index contributed by atoms with van der Waals surface area (Å²) in [5.41, 5.74) is 1.01. The number of nitrogens with zero attached hydrogens (tertiary/aromatic N) is 2. The molecule has 2 fully saturated rings. The van der Waals surface area contributed by atoms with Gasteiger partial charge in [0.1, 0.15) is 0 Å². The number of likely N-dealkylation sites (N-methyl/N-ethyl adjacent to an activating group) is 1. The van der Waals surface area contributed by atoms with Gasteiger partial charge in [-0.25, -0.2) is 8.42 Å². The minimum atomic E-state index is -3.60. The van der Waals surface area contributed by atoms with E-state index in [9.17, 15) is 13.2 Å². The van der Waals surface area contributed by atoms with Gasteiger partial charge in [0.05, 0.1) is 11.0 Å². The molecule has 0 aromatic heterocycles. The molecule has 1 aromatic carbocycles. The van der Waals surface area contributed by atoms with Gasteiger partial charge in [0.15, 0.2) is 0 Å². The van der Waals surface area contributed by atoms with E-state index in [0.717, 1.165) is 19.4 Å². The molecule has 2 aliphatic rings. The van der Waals surface area contributed by atoms with Crippen LogP contribution in [0.15, 0.2) is 23.1 Å². The van der Waals surface area contributed by atoms with Gasteiger partial charge in [0.2, 0.25) is 10.0 Å². The molecule has 144 valence electrons. The van der Waals surface area contributed by atoms with Gasteiger partial charge >= 0.3 is 0 Å². The molecule has 26 heavy (non-hydrogen) atoms. The highest BCUT2D eigenvalue weighted by Crippen LogP contribution is 2.22. The van der Waals surface area contributed by atoms with Crippen LogP contribution in [0, 0.1) is 6.92 Å². The Morgan fingerprint density at radius 2 is 2.00 bits per heavy atom. The Hall–Kier alpha value is -1.48. The van der Waals surface area contributed by atoms with Crippen molar-refractivity contribution in [1.82, 2.24) is 14.5 Å². The Balaban J connectivity index is 1.75. The quantitative estimate of drug-likeness (QED) is 0.818. The molecule has 1 N–H and O–H groups in total. The lowest BCUT2D eigenvalue weighted by atomic mass is 10.1. The molecule has 0 unspecified atom stereocenters. The SMILES string of the molecule is Cc1ccc(C(=O)NC[C@@H]2CCCO2)cc1S(=O)(=O)N1CCN(C)CC1. The normalized spacial score (nSPS) is 22.5. The predicted molar refractivity (Wildman–Crippen MR) is 98.7 cm³/mol. The van der Waals surface area contributed by atoms with Gasteiger partial charge in [-0.15, -0.1) is 0 Å². The number of piperazine rings is 1. The van der Waals surface area contributed by atoms with Gasteiger partial charge in [-0.3, -0.25) is 4.79 Å². The van der Waals surface area contributed by atoms with Crippen LogP contribution in [0.3, 0.4) is 0 Å². The van der Waals surface area contributed by atoms with Crippen LogP contribution < -0.4 is 5.32 Å². The number of aryl methyl sites for hydroxylation is 1. The zero-order valence-corrected chi connectivity index (χ0v) is 16.2. The van der Waals surface area contributed by atoms with Crippen LogP contribution >= 0.6 is 0 Å². The van der Waals surface area contributed by atoms with Crippen molar-refractivity contribution in [3.05, 3.63) is 29.3 Å². The second-order valence-electron chi connectivity index (χ2n) is 7.03. The van der Waals surface area contributed by atoms with E-state index >= 15 is 0 Å². The Morgan fingerprint density at radius 1 is 1.27 bits per heavy atom. The van der Waals surface area contributed by atoms with Gasteiger partial charge in [-0.05, 0) is 44.5 Å². The fourth-order valence-corrected chi connectivity index (χ4v) is 4.97. The third-order valence-corrected chi connectivity index (χ3v) is 7.09. The van der Waals surface area contributed by atoms with Crippen LogP contribution in [0.5, 0.6) is 0 Å². The fourth-order valence-electron chi connectivity index (χ4n) is 3.30. The van der Waals surface area contributed by atoms with Crippen LogP contribution in [0.2, 0.25) is 0 Å². The number of hydrogen-bond acceptors (Lipinski definition) is 5. The molecular formula is C18H27N3O4S. The zero-order chi connectivity index (χ0) is 18.7. The summed E-state index contributed by atoms with van der Waals surface area (Å²) in [6, 6.07) is 4.86. The highest BCUT2D eigenvalue weighted by Gasteiger charge is 2.29. The van der Waals surface area contributed by atoms with E-state index in [1.807, 2.05) is 7.05 Å². The first-order valence-corrected chi connectivity index (χ1v) is 10.5. The first-order valence-electron chi connectivity index (χ1n) is 9.07. The molecule has 3 rings (SSSR count). The number of sulfonamides is 1. The molecule has 7 nitrogen and oxygen atoms in total. The summed E-state index contributed by atoms with van der Waals surface area (Å²) >= 11 is 0. The van der Waals surface area contributed by atoms with Crippen molar-refractivity contribution >= 4 is 15.9 Å². The summed E-state index contributed by atoms with van der Waals surface area (Å²) in [4.78, 5) is 14.7. The number of carbonyl (C=O) groups excluding carboxylic acids is 1. The topological polar surface area (TPSA) is 78.9 Å². The van der Waals surface area contributed by atoms with E-state index in [1.54, 1.807) is 19.1 Å². The van der Waals surface area contributed by atoms with Gasteiger partial charge in [-0.1, -0.05) is 6.07 Å². The number of carbonyl (C=O) groups is 1. The Bertz CT molecular complexity index is 752. The van der Waals surface area contributed by atoms with Crippen molar-refractivity contribution in [3.8, 4) is 0 Å². The number of ether oxygens (including phenoxy) is 1. The van der Waals surface area contributed by atoms with Crippen molar-refractivity contribution in [1.29, 1.82) is 0 Å². The molecule has 2 saturated heterocycles. The maximum Gasteiger partial charge on any atom is 0.251 e. The smallest absolute Gasteiger partial charge is 0.251 e. The number of amides is 1. The number of hydrogen-bond donors (Lipinski definition) is 1.